The Morgan fingerprint density at radius 2 is 2.09 bits per heavy atom. The van der Waals surface area contributed by atoms with Crippen LogP contribution in [0.15, 0.2) is 42.0 Å². The van der Waals surface area contributed by atoms with E-state index < -0.39 is 0 Å². The molecule has 22 heavy (non-hydrogen) atoms. The summed E-state index contributed by atoms with van der Waals surface area (Å²) in [6.07, 6.45) is 7.06. The Kier molecular flexibility index (Phi) is 2.48. The molecule has 2 aromatic carbocycles. The molecule has 2 atom stereocenters. The highest BCUT2D eigenvalue weighted by Gasteiger charge is 2.55. The summed E-state index contributed by atoms with van der Waals surface area (Å²) >= 11 is 6.37. The number of allylic oxidation sites excluding steroid dienone is 2. The second-order valence-electron chi connectivity index (χ2n) is 7.04. The van der Waals surface area contributed by atoms with Crippen molar-refractivity contribution in [3.05, 3.63) is 58.1 Å². The fourth-order valence-corrected chi connectivity index (χ4v) is 5.27. The number of fused-ring (bicyclic) bond motifs is 6. The van der Waals surface area contributed by atoms with Crippen molar-refractivity contribution < 1.29 is 4.79 Å². The Labute approximate surface area is 135 Å². The summed E-state index contributed by atoms with van der Waals surface area (Å²) < 4.78 is 0. The molecule has 0 heterocycles. The maximum absolute atomic E-state index is 12.9. The van der Waals surface area contributed by atoms with Crippen LogP contribution in [-0.2, 0) is 16.6 Å². The Balaban J connectivity index is 1.81. The smallest absolute Gasteiger partial charge is 0.144 e. The van der Waals surface area contributed by atoms with Crippen molar-refractivity contribution in [3.8, 4) is 0 Å². The van der Waals surface area contributed by atoms with Crippen LogP contribution in [0.5, 0.6) is 0 Å². The second kappa shape index (κ2) is 4.23. The number of carbonyl (C=O) groups excluding carboxylic acids is 1. The standard InChI is InChI=1S/C20H17ClO/c21-18-3-1-2-13-10-17-14(9-16(13)18)5-7-19(22)20(17)11-12-4-6-15(20)8-12/h1-4,9-10,15H,5-8,11H2. The molecule has 3 aliphatic rings. The van der Waals surface area contributed by atoms with Crippen LogP contribution in [0.4, 0.5) is 0 Å². The van der Waals surface area contributed by atoms with Gasteiger partial charge in [0.15, 0.2) is 0 Å². The summed E-state index contributed by atoms with van der Waals surface area (Å²) in [6, 6.07) is 10.6. The first-order valence-corrected chi connectivity index (χ1v) is 8.49. The molecule has 0 N–H and O–H groups in total. The lowest BCUT2D eigenvalue weighted by Gasteiger charge is -2.40. The minimum absolute atomic E-state index is 0.228. The van der Waals surface area contributed by atoms with Crippen LogP contribution in [-0.4, -0.2) is 5.78 Å². The van der Waals surface area contributed by atoms with E-state index >= 15 is 0 Å². The second-order valence-corrected chi connectivity index (χ2v) is 7.45. The zero-order chi connectivity index (χ0) is 14.9. The fraction of sp³-hybridized carbons (Fsp3) is 0.350. The summed E-state index contributed by atoms with van der Waals surface area (Å²) in [6.45, 7) is 0. The number of rotatable bonds is 0. The molecule has 1 nitrogen and oxygen atoms in total. The van der Waals surface area contributed by atoms with Gasteiger partial charge in [-0.3, -0.25) is 4.79 Å². The first-order chi connectivity index (χ1) is 10.7. The van der Waals surface area contributed by atoms with Crippen molar-refractivity contribution in [2.24, 2.45) is 5.92 Å². The van der Waals surface area contributed by atoms with Gasteiger partial charge in [0.2, 0.25) is 0 Å². The molecule has 0 aliphatic heterocycles. The predicted octanol–water partition coefficient (Wildman–Crippen LogP) is 4.99. The van der Waals surface area contributed by atoms with Crippen molar-refractivity contribution in [2.75, 3.05) is 0 Å². The van der Waals surface area contributed by atoms with Gasteiger partial charge in [0.1, 0.15) is 5.78 Å². The monoisotopic (exact) mass is 308 g/mol. The van der Waals surface area contributed by atoms with E-state index in [1.54, 1.807) is 0 Å². The van der Waals surface area contributed by atoms with Crippen molar-refractivity contribution in [2.45, 2.75) is 37.5 Å². The minimum Gasteiger partial charge on any atom is -0.299 e. The Bertz CT molecular complexity index is 863. The van der Waals surface area contributed by atoms with Gasteiger partial charge in [-0.05, 0) is 66.3 Å². The maximum atomic E-state index is 12.9. The molecule has 3 aliphatic carbocycles. The third-order valence-electron chi connectivity index (χ3n) is 6.05. The van der Waals surface area contributed by atoms with Crippen LogP contribution in [0.25, 0.3) is 10.8 Å². The van der Waals surface area contributed by atoms with E-state index in [9.17, 15) is 4.79 Å². The van der Waals surface area contributed by atoms with Gasteiger partial charge in [-0.25, -0.2) is 0 Å². The minimum atomic E-state index is -0.228. The summed E-state index contributed by atoms with van der Waals surface area (Å²) in [5.74, 6) is 0.958. The third kappa shape index (κ3) is 1.48. The molecule has 0 aromatic heterocycles. The lowest BCUT2D eigenvalue weighted by atomic mass is 9.61. The molecule has 5 rings (SSSR count). The highest BCUT2D eigenvalue weighted by molar-refractivity contribution is 6.35. The van der Waals surface area contributed by atoms with Crippen LogP contribution < -0.4 is 0 Å². The highest BCUT2D eigenvalue weighted by atomic mass is 35.5. The summed E-state index contributed by atoms with van der Waals surface area (Å²) in [7, 11) is 0. The van der Waals surface area contributed by atoms with E-state index in [0.717, 1.165) is 41.5 Å². The molecular weight excluding hydrogens is 292 g/mol. The average molecular weight is 309 g/mol. The SMILES string of the molecule is O=C1CCc2cc3c(Cl)cccc3cc2C12CC1=CCC2C1. The van der Waals surface area contributed by atoms with E-state index in [2.05, 4.69) is 24.3 Å². The van der Waals surface area contributed by atoms with Gasteiger partial charge in [0.05, 0.1) is 5.41 Å². The molecule has 0 radical (unpaired) electrons. The van der Waals surface area contributed by atoms with Crippen LogP contribution in [0.1, 0.15) is 36.8 Å². The van der Waals surface area contributed by atoms with Crippen molar-refractivity contribution in [1.82, 2.24) is 0 Å². The Morgan fingerprint density at radius 3 is 2.86 bits per heavy atom. The zero-order valence-corrected chi connectivity index (χ0v) is 13.1. The van der Waals surface area contributed by atoms with Crippen molar-refractivity contribution in [3.63, 3.8) is 0 Å². The topological polar surface area (TPSA) is 17.1 Å². The first-order valence-electron chi connectivity index (χ1n) is 8.11. The van der Waals surface area contributed by atoms with Crippen LogP contribution >= 0.6 is 11.6 Å². The highest BCUT2D eigenvalue weighted by Crippen LogP contribution is 2.57. The molecule has 1 fully saturated rings. The number of halogens is 1. The Hall–Kier alpha value is -1.60. The molecular formula is C20H17ClO. The van der Waals surface area contributed by atoms with Gasteiger partial charge in [-0.15, -0.1) is 0 Å². The van der Waals surface area contributed by atoms with Gasteiger partial charge in [0, 0.05) is 16.8 Å². The Morgan fingerprint density at radius 1 is 1.18 bits per heavy atom. The molecule has 1 saturated carbocycles. The molecule has 2 unspecified atom stereocenters. The van der Waals surface area contributed by atoms with Gasteiger partial charge >= 0.3 is 0 Å². The van der Waals surface area contributed by atoms with Gasteiger partial charge in [-0.1, -0.05) is 35.4 Å². The largest absolute Gasteiger partial charge is 0.299 e. The fourth-order valence-electron chi connectivity index (χ4n) is 5.03. The molecule has 2 bridgehead atoms. The quantitative estimate of drug-likeness (QED) is 0.627. The van der Waals surface area contributed by atoms with E-state index in [1.807, 2.05) is 12.1 Å². The first kappa shape index (κ1) is 12.9. The molecule has 2 aromatic rings. The van der Waals surface area contributed by atoms with Crippen LogP contribution in [0.2, 0.25) is 5.02 Å². The maximum Gasteiger partial charge on any atom is 0.144 e. The van der Waals surface area contributed by atoms with Crippen LogP contribution in [0, 0.1) is 5.92 Å². The number of hydrogen-bond acceptors (Lipinski definition) is 1. The summed E-state index contributed by atoms with van der Waals surface area (Å²) in [5.41, 5.74) is 3.91. The number of ketones is 1. The third-order valence-corrected chi connectivity index (χ3v) is 6.38. The van der Waals surface area contributed by atoms with Crippen LogP contribution in [0.3, 0.4) is 0 Å². The lowest BCUT2D eigenvalue weighted by molar-refractivity contribution is -0.126. The average Bonchev–Trinajstić information content (AvgIpc) is 3.13. The predicted molar refractivity (Wildman–Crippen MR) is 89.4 cm³/mol. The number of aryl methyl sites for hydroxylation is 1. The molecule has 0 amide bonds. The van der Waals surface area contributed by atoms with E-state index in [-0.39, 0.29) is 5.41 Å². The van der Waals surface area contributed by atoms with Crippen molar-refractivity contribution in [1.29, 1.82) is 0 Å². The number of Topliss-reactive ketones (excluding diaryl/α,β-unsaturated/α-hetero) is 1. The summed E-state index contributed by atoms with van der Waals surface area (Å²) in [4.78, 5) is 12.9. The van der Waals surface area contributed by atoms with E-state index in [1.165, 1.54) is 16.7 Å². The molecule has 0 saturated heterocycles. The van der Waals surface area contributed by atoms with Crippen molar-refractivity contribution >= 4 is 28.2 Å². The van der Waals surface area contributed by atoms with E-state index in [0.29, 0.717) is 18.1 Å². The van der Waals surface area contributed by atoms with Gasteiger partial charge in [0.25, 0.3) is 0 Å². The molecule has 2 heteroatoms. The number of carbonyl (C=O) groups is 1. The summed E-state index contributed by atoms with van der Waals surface area (Å²) in [5, 5.41) is 3.09. The number of hydrogen-bond donors (Lipinski definition) is 0. The van der Waals surface area contributed by atoms with E-state index in [4.69, 9.17) is 11.6 Å². The molecule has 110 valence electrons. The van der Waals surface area contributed by atoms with Gasteiger partial charge < -0.3 is 0 Å². The lowest BCUT2D eigenvalue weighted by Crippen LogP contribution is -2.43. The number of benzene rings is 2. The molecule has 1 spiro atoms. The van der Waals surface area contributed by atoms with Gasteiger partial charge in [-0.2, -0.15) is 0 Å². The zero-order valence-electron chi connectivity index (χ0n) is 12.4. The normalized spacial score (nSPS) is 29.2.